The van der Waals surface area contributed by atoms with Gasteiger partial charge in [-0.1, -0.05) is 0 Å². The van der Waals surface area contributed by atoms with Crippen LogP contribution in [-0.2, 0) is 0 Å². The Morgan fingerprint density at radius 3 is 2.48 bits per heavy atom. The van der Waals surface area contributed by atoms with Gasteiger partial charge in [0, 0.05) is 17.3 Å². The first-order valence-electron chi connectivity index (χ1n) is 6.33. The molecule has 3 rings (SSSR count). The summed E-state index contributed by atoms with van der Waals surface area (Å²) < 4.78 is 24.9. The molecule has 1 aromatic heterocycles. The van der Waals surface area contributed by atoms with Gasteiger partial charge in [0.05, 0.1) is 7.11 Å². The number of anilines is 1. The molecule has 106 valence electrons. The van der Waals surface area contributed by atoms with Gasteiger partial charge in [-0.3, -0.25) is 4.98 Å². The van der Waals surface area contributed by atoms with E-state index in [1.54, 1.807) is 42.5 Å². The number of rotatable bonds is 3. The number of methoxy groups -OCH3 is 1. The molecule has 0 bridgehead atoms. The van der Waals surface area contributed by atoms with E-state index in [0.29, 0.717) is 22.6 Å². The highest BCUT2D eigenvalue weighted by molar-refractivity contribution is 5.86. The lowest BCUT2D eigenvalue weighted by molar-refractivity contribution is 0.388. The Labute approximate surface area is 120 Å². The maximum Gasteiger partial charge on any atom is 0.191 e. The Bertz CT molecular complexity index is 788. The number of aromatic nitrogens is 1. The van der Waals surface area contributed by atoms with Gasteiger partial charge in [0.2, 0.25) is 0 Å². The predicted molar refractivity (Wildman–Crippen MR) is 79.2 cm³/mol. The van der Waals surface area contributed by atoms with E-state index in [1.807, 2.05) is 0 Å². The summed E-state index contributed by atoms with van der Waals surface area (Å²) in [6.07, 6.45) is 1.50. The fourth-order valence-corrected chi connectivity index (χ4v) is 2.05. The van der Waals surface area contributed by atoms with Crippen molar-refractivity contribution < 1.29 is 13.9 Å². The fraction of sp³-hybridized carbons (Fsp3) is 0.0625. The van der Waals surface area contributed by atoms with E-state index in [9.17, 15) is 4.39 Å². The molecule has 0 aliphatic heterocycles. The van der Waals surface area contributed by atoms with E-state index in [4.69, 9.17) is 15.2 Å². The topological polar surface area (TPSA) is 57.4 Å². The highest BCUT2D eigenvalue weighted by atomic mass is 19.1. The lowest BCUT2D eigenvalue weighted by Crippen LogP contribution is -1.93. The zero-order valence-corrected chi connectivity index (χ0v) is 11.3. The van der Waals surface area contributed by atoms with E-state index < -0.39 is 5.82 Å². The molecule has 0 saturated carbocycles. The van der Waals surface area contributed by atoms with Crippen LogP contribution in [0, 0.1) is 5.82 Å². The molecule has 0 fully saturated rings. The quantitative estimate of drug-likeness (QED) is 0.744. The normalized spacial score (nSPS) is 10.6. The first-order chi connectivity index (χ1) is 10.2. The van der Waals surface area contributed by atoms with Crippen LogP contribution in [0.1, 0.15) is 0 Å². The van der Waals surface area contributed by atoms with Crippen LogP contribution >= 0.6 is 0 Å². The number of nitrogens with two attached hydrogens (primary N) is 1. The molecule has 0 radical (unpaired) electrons. The molecule has 1 heterocycles. The van der Waals surface area contributed by atoms with Crippen molar-refractivity contribution in [3.63, 3.8) is 0 Å². The van der Waals surface area contributed by atoms with Gasteiger partial charge in [-0.2, -0.15) is 0 Å². The summed E-state index contributed by atoms with van der Waals surface area (Å²) >= 11 is 0. The number of nitrogens with zero attached hydrogens (tertiary/aromatic N) is 1. The Morgan fingerprint density at radius 2 is 1.76 bits per heavy atom. The molecule has 0 aliphatic rings. The summed E-state index contributed by atoms with van der Waals surface area (Å²) in [5, 5.41) is 0.577. The molecule has 5 heteroatoms. The number of fused-ring (bicyclic) bond motifs is 1. The Morgan fingerprint density at radius 1 is 1.00 bits per heavy atom. The number of hydrogen-bond acceptors (Lipinski definition) is 4. The van der Waals surface area contributed by atoms with Crippen LogP contribution in [0.15, 0.2) is 48.7 Å². The third kappa shape index (κ3) is 2.45. The van der Waals surface area contributed by atoms with Crippen LogP contribution in [0.25, 0.3) is 10.9 Å². The second kappa shape index (κ2) is 5.28. The number of halogens is 1. The van der Waals surface area contributed by atoms with Crippen LogP contribution in [0.5, 0.6) is 17.2 Å². The van der Waals surface area contributed by atoms with Crippen molar-refractivity contribution in [1.82, 2.24) is 4.98 Å². The van der Waals surface area contributed by atoms with Crippen molar-refractivity contribution in [1.29, 1.82) is 0 Å². The summed E-state index contributed by atoms with van der Waals surface area (Å²) in [6.45, 7) is 0. The minimum Gasteiger partial charge on any atom is -0.494 e. The van der Waals surface area contributed by atoms with Crippen LogP contribution in [0.4, 0.5) is 10.1 Å². The van der Waals surface area contributed by atoms with Gasteiger partial charge < -0.3 is 15.2 Å². The number of pyridine rings is 1. The van der Waals surface area contributed by atoms with E-state index >= 15 is 0 Å². The minimum absolute atomic E-state index is 0.152. The minimum atomic E-state index is -0.502. The first-order valence-corrected chi connectivity index (χ1v) is 6.33. The molecule has 2 aromatic carbocycles. The second-order valence-electron chi connectivity index (χ2n) is 4.46. The maximum absolute atomic E-state index is 14.2. The van der Waals surface area contributed by atoms with Gasteiger partial charge in [0.1, 0.15) is 17.0 Å². The average Bonchev–Trinajstić information content (AvgIpc) is 2.51. The third-order valence-electron chi connectivity index (χ3n) is 3.10. The smallest absolute Gasteiger partial charge is 0.191 e. The molecule has 0 spiro atoms. The van der Waals surface area contributed by atoms with Crippen LogP contribution in [0.3, 0.4) is 0 Å². The molecular formula is C16H13FN2O2. The van der Waals surface area contributed by atoms with E-state index in [0.717, 1.165) is 0 Å². The van der Waals surface area contributed by atoms with E-state index in [1.165, 1.54) is 13.3 Å². The van der Waals surface area contributed by atoms with Gasteiger partial charge in [0.25, 0.3) is 0 Å². The van der Waals surface area contributed by atoms with Crippen molar-refractivity contribution >= 4 is 16.6 Å². The summed E-state index contributed by atoms with van der Waals surface area (Å²) in [5.74, 6) is 0.789. The monoisotopic (exact) mass is 284 g/mol. The van der Waals surface area contributed by atoms with Crippen molar-refractivity contribution in [2.75, 3.05) is 12.8 Å². The van der Waals surface area contributed by atoms with E-state index in [-0.39, 0.29) is 11.3 Å². The third-order valence-corrected chi connectivity index (χ3v) is 3.10. The Hall–Kier alpha value is -2.82. The number of hydrogen-bond donors (Lipinski definition) is 1. The fourth-order valence-electron chi connectivity index (χ4n) is 2.05. The molecule has 2 N–H and O–H groups in total. The summed E-state index contributed by atoms with van der Waals surface area (Å²) in [4.78, 5) is 4.05. The molecule has 0 aliphatic carbocycles. The summed E-state index contributed by atoms with van der Waals surface area (Å²) in [7, 11) is 1.42. The Kier molecular flexibility index (Phi) is 3.31. The molecule has 4 nitrogen and oxygen atoms in total. The standard InChI is InChI=1S/C16H13FN2O2/c1-20-14-7-6-12-13(8-9-19-16(12)15(14)17)21-11-4-2-10(18)3-5-11/h2-9H,18H2,1H3. The number of benzene rings is 2. The molecule has 0 unspecified atom stereocenters. The highest BCUT2D eigenvalue weighted by Gasteiger charge is 2.12. The number of ether oxygens (including phenoxy) is 2. The molecule has 0 amide bonds. The average molecular weight is 284 g/mol. The van der Waals surface area contributed by atoms with Crippen molar-refractivity contribution in [2.45, 2.75) is 0 Å². The first kappa shape index (κ1) is 13.2. The second-order valence-corrected chi connectivity index (χ2v) is 4.46. The summed E-state index contributed by atoms with van der Waals surface area (Å²) in [6, 6.07) is 11.9. The largest absolute Gasteiger partial charge is 0.494 e. The van der Waals surface area contributed by atoms with Gasteiger partial charge in [-0.15, -0.1) is 0 Å². The molecule has 3 aromatic rings. The van der Waals surface area contributed by atoms with Crippen molar-refractivity contribution in [3.8, 4) is 17.2 Å². The lowest BCUT2D eigenvalue weighted by atomic mass is 10.2. The van der Waals surface area contributed by atoms with Gasteiger partial charge in [-0.05, 0) is 42.5 Å². The molecule has 0 atom stereocenters. The summed E-state index contributed by atoms with van der Waals surface area (Å²) in [5.41, 5.74) is 6.49. The van der Waals surface area contributed by atoms with Gasteiger partial charge >= 0.3 is 0 Å². The zero-order chi connectivity index (χ0) is 14.8. The van der Waals surface area contributed by atoms with Crippen LogP contribution in [0.2, 0.25) is 0 Å². The molecule has 21 heavy (non-hydrogen) atoms. The van der Waals surface area contributed by atoms with Crippen LogP contribution in [-0.4, -0.2) is 12.1 Å². The maximum atomic E-state index is 14.2. The van der Waals surface area contributed by atoms with Crippen molar-refractivity contribution in [3.05, 3.63) is 54.5 Å². The van der Waals surface area contributed by atoms with E-state index in [2.05, 4.69) is 4.98 Å². The van der Waals surface area contributed by atoms with Crippen LogP contribution < -0.4 is 15.2 Å². The SMILES string of the molecule is COc1ccc2c(Oc3ccc(N)cc3)ccnc2c1F. The molecule has 0 saturated heterocycles. The predicted octanol–water partition coefficient (Wildman–Crippen LogP) is 3.76. The van der Waals surface area contributed by atoms with Gasteiger partial charge in [-0.25, -0.2) is 4.39 Å². The number of nitrogen functional groups attached to an aromatic ring is 1. The van der Waals surface area contributed by atoms with Gasteiger partial charge in [0.15, 0.2) is 11.6 Å². The zero-order valence-electron chi connectivity index (χ0n) is 11.3. The lowest BCUT2D eigenvalue weighted by Gasteiger charge is -2.10. The Balaban J connectivity index is 2.07. The molecular weight excluding hydrogens is 271 g/mol. The highest BCUT2D eigenvalue weighted by Crippen LogP contribution is 2.33. The van der Waals surface area contributed by atoms with Crippen molar-refractivity contribution in [2.24, 2.45) is 0 Å².